The summed E-state index contributed by atoms with van der Waals surface area (Å²) in [6, 6.07) is 7.12. The molecule has 7 nitrogen and oxygen atoms in total. The van der Waals surface area contributed by atoms with E-state index in [0.717, 1.165) is 21.7 Å². The number of nitrogens with zero attached hydrogens (tertiary/aromatic N) is 2. The van der Waals surface area contributed by atoms with Crippen molar-refractivity contribution in [3.63, 3.8) is 0 Å². The smallest absolute Gasteiger partial charge is 0.246 e. The predicted octanol–water partition coefficient (Wildman–Crippen LogP) is 2.26. The van der Waals surface area contributed by atoms with Crippen molar-refractivity contribution in [2.24, 2.45) is 0 Å². The summed E-state index contributed by atoms with van der Waals surface area (Å²) >= 11 is 0. The predicted molar refractivity (Wildman–Crippen MR) is 92.6 cm³/mol. The van der Waals surface area contributed by atoms with E-state index in [1.54, 1.807) is 13.0 Å². The van der Waals surface area contributed by atoms with E-state index < -0.39 is 15.9 Å². The molecule has 1 heterocycles. The molecule has 0 aliphatic rings. The molecule has 0 radical (unpaired) electrons. The van der Waals surface area contributed by atoms with Crippen LogP contribution >= 0.6 is 0 Å². The molecule has 1 amide bonds. The number of para-hydroxylation sites is 1. The van der Waals surface area contributed by atoms with Crippen molar-refractivity contribution in [1.29, 1.82) is 0 Å². The third-order valence-electron chi connectivity index (χ3n) is 3.53. The van der Waals surface area contributed by atoms with Gasteiger partial charge in [0.2, 0.25) is 15.9 Å². The number of sulfonamides is 1. The maximum Gasteiger partial charge on any atom is 0.246 e. The molecule has 0 saturated heterocycles. The van der Waals surface area contributed by atoms with Crippen molar-refractivity contribution < 1.29 is 17.7 Å². The highest BCUT2D eigenvalue weighted by Gasteiger charge is 2.24. The third-order valence-corrected chi connectivity index (χ3v) is 4.65. The van der Waals surface area contributed by atoms with Gasteiger partial charge in [0.15, 0.2) is 5.82 Å². The molecule has 2 aromatic rings. The molecule has 130 valence electrons. The molecule has 0 fully saturated rings. The summed E-state index contributed by atoms with van der Waals surface area (Å²) in [5.41, 5.74) is 2.21. The number of aryl methyl sites for hydroxylation is 3. The van der Waals surface area contributed by atoms with Crippen molar-refractivity contribution in [1.82, 2.24) is 5.16 Å². The largest absolute Gasteiger partial charge is 0.360 e. The summed E-state index contributed by atoms with van der Waals surface area (Å²) in [5, 5.41) is 6.22. The number of carbonyl (C=O) groups excluding carboxylic acids is 1. The number of rotatable bonds is 6. The Labute approximate surface area is 141 Å². The Morgan fingerprint density at radius 1 is 1.33 bits per heavy atom. The number of amides is 1. The van der Waals surface area contributed by atoms with Crippen LogP contribution < -0.4 is 9.62 Å². The number of hydrogen-bond acceptors (Lipinski definition) is 5. The second-order valence-corrected chi connectivity index (χ2v) is 7.48. The van der Waals surface area contributed by atoms with E-state index in [9.17, 15) is 13.2 Å². The molecule has 0 bridgehead atoms. The third kappa shape index (κ3) is 4.14. The number of nitrogens with one attached hydrogen (secondary N) is 1. The highest BCUT2D eigenvalue weighted by atomic mass is 32.2. The SMILES string of the molecule is CCc1cccc(C)c1N(CC(=O)Nc1cc(C)on1)S(C)(=O)=O. The monoisotopic (exact) mass is 351 g/mol. The van der Waals surface area contributed by atoms with Crippen LogP contribution in [0.25, 0.3) is 0 Å². The molecule has 0 aliphatic carbocycles. The number of benzene rings is 1. The number of hydrogen-bond donors (Lipinski definition) is 1. The van der Waals surface area contributed by atoms with Crippen LogP contribution in [-0.2, 0) is 21.2 Å². The lowest BCUT2D eigenvalue weighted by Gasteiger charge is -2.25. The van der Waals surface area contributed by atoms with Gasteiger partial charge in [0, 0.05) is 6.07 Å². The topological polar surface area (TPSA) is 92.5 Å². The van der Waals surface area contributed by atoms with Crippen LogP contribution in [0.15, 0.2) is 28.8 Å². The Kier molecular flexibility index (Phi) is 5.28. The molecular weight excluding hydrogens is 330 g/mol. The molecule has 1 aromatic carbocycles. The summed E-state index contributed by atoms with van der Waals surface area (Å²) in [6.45, 7) is 5.14. The highest BCUT2D eigenvalue weighted by molar-refractivity contribution is 7.92. The Hall–Kier alpha value is -2.35. The van der Waals surface area contributed by atoms with Crippen molar-refractivity contribution in [3.05, 3.63) is 41.2 Å². The lowest BCUT2D eigenvalue weighted by Crippen LogP contribution is -2.38. The molecule has 0 unspecified atom stereocenters. The Morgan fingerprint density at radius 2 is 2.04 bits per heavy atom. The Bertz CT molecular complexity index is 843. The number of carbonyl (C=O) groups is 1. The molecular formula is C16H21N3O4S. The van der Waals surface area contributed by atoms with E-state index in [-0.39, 0.29) is 12.4 Å². The van der Waals surface area contributed by atoms with Crippen molar-refractivity contribution >= 4 is 27.4 Å². The first-order chi connectivity index (χ1) is 11.2. The maximum atomic E-state index is 12.3. The fourth-order valence-corrected chi connectivity index (χ4v) is 3.41. The molecule has 1 aromatic heterocycles. The van der Waals surface area contributed by atoms with Crippen molar-refractivity contribution in [2.75, 3.05) is 22.4 Å². The summed E-state index contributed by atoms with van der Waals surface area (Å²) in [5.74, 6) is 0.322. The first-order valence-electron chi connectivity index (χ1n) is 7.51. The summed E-state index contributed by atoms with van der Waals surface area (Å²) in [4.78, 5) is 12.3. The van der Waals surface area contributed by atoms with E-state index in [2.05, 4.69) is 10.5 Å². The van der Waals surface area contributed by atoms with E-state index >= 15 is 0 Å². The van der Waals surface area contributed by atoms with Gasteiger partial charge in [-0.3, -0.25) is 9.10 Å². The van der Waals surface area contributed by atoms with Crippen LogP contribution in [0.5, 0.6) is 0 Å². The molecule has 0 aliphatic heterocycles. The normalized spacial score (nSPS) is 11.3. The van der Waals surface area contributed by atoms with E-state index in [1.807, 2.05) is 32.0 Å². The molecule has 24 heavy (non-hydrogen) atoms. The van der Waals surface area contributed by atoms with Crippen molar-refractivity contribution in [2.45, 2.75) is 27.2 Å². The fourth-order valence-electron chi connectivity index (χ4n) is 2.46. The minimum Gasteiger partial charge on any atom is -0.360 e. The summed E-state index contributed by atoms with van der Waals surface area (Å²) in [7, 11) is -3.63. The quantitative estimate of drug-likeness (QED) is 0.862. The van der Waals surface area contributed by atoms with Crippen LogP contribution in [0.2, 0.25) is 0 Å². The van der Waals surface area contributed by atoms with E-state index in [4.69, 9.17) is 4.52 Å². The maximum absolute atomic E-state index is 12.3. The minimum absolute atomic E-state index is 0.256. The van der Waals surface area contributed by atoms with E-state index in [0.29, 0.717) is 17.9 Å². The van der Waals surface area contributed by atoms with Crippen LogP contribution in [0.1, 0.15) is 23.8 Å². The zero-order valence-electron chi connectivity index (χ0n) is 14.2. The summed E-state index contributed by atoms with van der Waals surface area (Å²) in [6.07, 6.45) is 1.75. The lowest BCUT2D eigenvalue weighted by atomic mass is 10.1. The van der Waals surface area contributed by atoms with Crippen LogP contribution in [0, 0.1) is 13.8 Å². The van der Waals surface area contributed by atoms with Gasteiger partial charge in [-0.2, -0.15) is 0 Å². The first-order valence-corrected chi connectivity index (χ1v) is 9.36. The van der Waals surface area contributed by atoms with Crippen molar-refractivity contribution in [3.8, 4) is 0 Å². The molecule has 2 rings (SSSR count). The molecule has 0 saturated carbocycles. The zero-order chi connectivity index (χ0) is 17.9. The average molecular weight is 351 g/mol. The number of aromatic nitrogens is 1. The van der Waals surface area contributed by atoms with E-state index in [1.165, 1.54) is 0 Å². The van der Waals surface area contributed by atoms with Crippen LogP contribution in [0.3, 0.4) is 0 Å². The second kappa shape index (κ2) is 7.04. The summed E-state index contributed by atoms with van der Waals surface area (Å²) < 4.78 is 30.5. The number of anilines is 2. The van der Waals surface area contributed by atoms with Gasteiger partial charge in [-0.05, 0) is 31.4 Å². The van der Waals surface area contributed by atoms with Crippen LogP contribution in [-0.4, -0.2) is 32.3 Å². The molecule has 1 N–H and O–H groups in total. The molecule has 0 spiro atoms. The lowest BCUT2D eigenvalue weighted by molar-refractivity contribution is -0.114. The second-order valence-electron chi connectivity index (χ2n) is 5.58. The van der Waals surface area contributed by atoms with Gasteiger partial charge in [0.25, 0.3) is 0 Å². The zero-order valence-corrected chi connectivity index (χ0v) is 15.0. The van der Waals surface area contributed by atoms with Gasteiger partial charge in [0.1, 0.15) is 12.3 Å². The molecule has 8 heteroatoms. The average Bonchev–Trinajstić information content (AvgIpc) is 2.89. The Morgan fingerprint density at radius 3 is 2.58 bits per heavy atom. The Balaban J connectivity index is 2.32. The molecule has 0 atom stereocenters. The van der Waals surface area contributed by atoms with Gasteiger partial charge in [-0.15, -0.1) is 0 Å². The first kappa shape index (κ1) is 18.0. The van der Waals surface area contributed by atoms with Gasteiger partial charge < -0.3 is 9.84 Å². The fraction of sp³-hybridized carbons (Fsp3) is 0.375. The van der Waals surface area contributed by atoms with Gasteiger partial charge in [0.05, 0.1) is 11.9 Å². The minimum atomic E-state index is -3.63. The standard InChI is InChI=1S/C16H21N3O4S/c1-5-13-8-6-7-11(2)16(13)19(24(4,21)22)10-15(20)17-14-9-12(3)23-18-14/h6-9H,5,10H2,1-4H3,(H,17,18,20). The van der Waals surface area contributed by atoms with Gasteiger partial charge >= 0.3 is 0 Å². The van der Waals surface area contributed by atoms with Gasteiger partial charge in [-0.25, -0.2) is 8.42 Å². The van der Waals surface area contributed by atoms with Gasteiger partial charge in [-0.1, -0.05) is 30.3 Å². The van der Waals surface area contributed by atoms with Crippen LogP contribution in [0.4, 0.5) is 11.5 Å². The highest BCUT2D eigenvalue weighted by Crippen LogP contribution is 2.27.